The number of aromatic nitrogens is 1. The van der Waals surface area contributed by atoms with E-state index in [1.54, 1.807) is 0 Å². The van der Waals surface area contributed by atoms with Gasteiger partial charge in [-0.2, -0.15) is 0 Å². The summed E-state index contributed by atoms with van der Waals surface area (Å²) in [6.07, 6.45) is 1.92. The summed E-state index contributed by atoms with van der Waals surface area (Å²) in [5.41, 5.74) is 7.66. The van der Waals surface area contributed by atoms with Crippen molar-refractivity contribution < 1.29 is 5.11 Å². The minimum atomic E-state index is 0.285. The molecular formula is C11H16N2O. The lowest BCUT2D eigenvalue weighted by Crippen LogP contribution is -2.05. The summed E-state index contributed by atoms with van der Waals surface area (Å²) >= 11 is 0. The molecule has 0 aliphatic heterocycles. The number of nitrogens with two attached hydrogens (primary N) is 1. The maximum atomic E-state index is 8.96. The van der Waals surface area contributed by atoms with Gasteiger partial charge in [-0.15, -0.1) is 0 Å². The Balaban J connectivity index is 2.07. The summed E-state index contributed by atoms with van der Waals surface area (Å²) in [6, 6.07) is 6.08. The summed E-state index contributed by atoms with van der Waals surface area (Å²) in [4.78, 5) is 4.53. The van der Waals surface area contributed by atoms with E-state index >= 15 is 0 Å². The number of rotatable bonds is 4. The third-order valence-corrected chi connectivity index (χ3v) is 2.77. The highest BCUT2D eigenvalue weighted by atomic mass is 16.3. The van der Waals surface area contributed by atoms with Crippen LogP contribution >= 0.6 is 0 Å². The lowest BCUT2D eigenvalue weighted by Gasteiger charge is -2.02. The van der Waals surface area contributed by atoms with E-state index in [0.717, 1.165) is 24.2 Å². The quantitative estimate of drug-likeness (QED) is 0.737. The molecule has 2 atom stereocenters. The van der Waals surface area contributed by atoms with E-state index < -0.39 is 0 Å². The van der Waals surface area contributed by atoms with Crippen molar-refractivity contribution in [2.24, 2.45) is 11.7 Å². The third-order valence-electron chi connectivity index (χ3n) is 2.77. The van der Waals surface area contributed by atoms with Gasteiger partial charge >= 0.3 is 0 Å². The molecule has 0 bridgehead atoms. The lowest BCUT2D eigenvalue weighted by molar-refractivity contribution is 0.273. The summed E-state index contributed by atoms with van der Waals surface area (Å²) in [6.45, 7) is 0.929. The Morgan fingerprint density at radius 1 is 1.50 bits per heavy atom. The molecular weight excluding hydrogens is 176 g/mol. The van der Waals surface area contributed by atoms with Crippen molar-refractivity contribution in [3.8, 4) is 0 Å². The zero-order valence-corrected chi connectivity index (χ0v) is 8.19. The fourth-order valence-electron chi connectivity index (χ4n) is 1.80. The first-order chi connectivity index (χ1) is 6.85. The first-order valence-corrected chi connectivity index (χ1v) is 5.12. The molecule has 3 nitrogen and oxygen atoms in total. The van der Waals surface area contributed by atoms with Gasteiger partial charge in [0.25, 0.3) is 0 Å². The van der Waals surface area contributed by atoms with Crippen LogP contribution in [0.15, 0.2) is 18.2 Å². The molecule has 3 heteroatoms. The zero-order valence-electron chi connectivity index (χ0n) is 8.19. The molecule has 0 saturated heterocycles. The Labute approximate surface area is 84.0 Å². The fourth-order valence-corrected chi connectivity index (χ4v) is 1.80. The second kappa shape index (κ2) is 4.07. The Kier molecular flexibility index (Phi) is 2.79. The van der Waals surface area contributed by atoms with E-state index in [1.807, 2.05) is 18.2 Å². The molecule has 1 heterocycles. The van der Waals surface area contributed by atoms with E-state index in [4.69, 9.17) is 10.8 Å². The van der Waals surface area contributed by atoms with Gasteiger partial charge in [-0.3, -0.25) is 4.98 Å². The van der Waals surface area contributed by atoms with Crippen molar-refractivity contribution in [1.29, 1.82) is 0 Å². The standard InChI is InChI=1S/C11H16N2O/c12-5-4-9-2-1-3-11(13-9)10-6-8(10)7-14/h1-3,8,10,14H,4-7,12H2. The largest absolute Gasteiger partial charge is 0.396 e. The van der Waals surface area contributed by atoms with Crippen LogP contribution in [-0.4, -0.2) is 23.2 Å². The Hall–Kier alpha value is -0.930. The van der Waals surface area contributed by atoms with Gasteiger partial charge in [0.1, 0.15) is 0 Å². The molecule has 2 unspecified atom stereocenters. The highest BCUT2D eigenvalue weighted by Crippen LogP contribution is 2.46. The van der Waals surface area contributed by atoms with Crippen LogP contribution in [0.5, 0.6) is 0 Å². The van der Waals surface area contributed by atoms with Gasteiger partial charge in [0.2, 0.25) is 0 Å². The molecule has 76 valence electrons. The normalized spacial score (nSPS) is 25.0. The first-order valence-electron chi connectivity index (χ1n) is 5.12. The lowest BCUT2D eigenvalue weighted by atomic mass is 10.2. The van der Waals surface area contributed by atoms with E-state index in [9.17, 15) is 0 Å². The summed E-state index contributed by atoms with van der Waals surface area (Å²) in [5, 5.41) is 8.96. The molecule has 1 fully saturated rings. The van der Waals surface area contributed by atoms with Crippen LogP contribution in [0.25, 0.3) is 0 Å². The Bertz CT molecular complexity index is 314. The van der Waals surface area contributed by atoms with Gasteiger partial charge in [0, 0.05) is 30.3 Å². The third kappa shape index (κ3) is 1.94. The van der Waals surface area contributed by atoms with Gasteiger partial charge in [-0.25, -0.2) is 0 Å². The average Bonchev–Trinajstić information content (AvgIpc) is 2.98. The second-order valence-electron chi connectivity index (χ2n) is 3.88. The number of aliphatic hydroxyl groups excluding tert-OH is 1. The predicted molar refractivity (Wildman–Crippen MR) is 54.9 cm³/mol. The molecule has 1 aliphatic carbocycles. The van der Waals surface area contributed by atoms with E-state index in [1.165, 1.54) is 0 Å². The molecule has 0 radical (unpaired) electrons. The number of nitrogens with zero attached hydrogens (tertiary/aromatic N) is 1. The van der Waals surface area contributed by atoms with Crippen molar-refractivity contribution in [3.05, 3.63) is 29.6 Å². The van der Waals surface area contributed by atoms with Crippen molar-refractivity contribution in [2.75, 3.05) is 13.2 Å². The summed E-state index contributed by atoms with van der Waals surface area (Å²) < 4.78 is 0. The fraction of sp³-hybridized carbons (Fsp3) is 0.545. The highest BCUT2D eigenvalue weighted by molar-refractivity contribution is 5.21. The SMILES string of the molecule is NCCc1cccc(C2CC2CO)n1. The molecule has 0 aromatic carbocycles. The topological polar surface area (TPSA) is 59.1 Å². The summed E-state index contributed by atoms with van der Waals surface area (Å²) in [7, 11) is 0. The van der Waals surface area contributed by atoms with Gasteiger partial charge in [0.05, 0.1) is 0 Å². The number of aliphatic hydroxyl groups is 1. The minimum absolute atomic E-state index is 0.285. The van der Waals surface area contributed by atoms with Crippen LogP contribution < -0.4 is 5.73 Å². The zero-order chi connectivity index (χ0) is 9.97. The molecule has 3 N–H and O–H groups in total. The molecule has 2 rings (SSSR count). The van der Waals surface area contributed by atoms with Gasteiger partial charge < -0.3 is 10.8 Å². The van der Waals surface area contributed by atoms with Crippen molar-refractivity contribution >= 4 is 0 Å². The Morgan fingerprint density at radius 3 is 3.00 bits per heavy atom. The van der Waals surface area contributed by atoms with E-state index in [-0.39, 0.29) is 6.61 Å². The minimum Gasteiger partial charge on any atom is -0.396 e. The number of hydrogen-bond acceptors (Lipinski definition) is 3. The van der Waals surface area contributed by atoms with Gasteiger partial charge in [-0.1, -0.05) is 6.07 Å². The van der Waals surface area contributed by atoms with Crippen LogP contribution in [0.3, 0.4) is 0 Å². The van der Waals surface area contributed by atoms with Gasteiger partial charge in [-0.05, 0) is 31.0 Å². The first kappa shape index (κ1) is 9.62. The van der Waals surface area contributed by atoms with Crippen molar-refractivity contribution in [1.82, 2.24) is 4.98 Å². The molecule has 0 spiro atoms. The smallest absolute Gasteiger partial charge is 0.0465 e. The van der Waals surface area contributed by atoms with Crippen molar-refractivity contribution in [3.63, 3.8) is 0 Å². The monoisotopic (exact) mass is 192 g/mol. The summed E-state index contributed by atoms with van der Waals surface area (Å²) in [5.74, 6) is 0.924. The number of hydrogen-bond donors (Lipinski definition) is 2. The highest BCUT2D eigenvalue weighted by Gasteiger charge is 2.38. The maximum absolute atomic E-state index is 8.96. The van der Waals surface area contributed by atoms with Crippen LogP contribution in [0.1, 0.15) is 23.7 Å². The van der Waals surface area contributed by atoms with Crippen LogP contribution in [0, 0.1) is 5.92 Å². The molecule has 1 saturated carbocycles. The van der Waals surface area contributed by atoms with Gasteiger partial charge in [0.15, 0.2) is 0 Å². The van der Waals surface area contributed by atoms with Crippen LogP contribution in [0.4, 0.5) is 0 Å². The number of pyridine rings is 1. The predicted octanol–water partition coefficient (Wildman–Crippen LogP) is 0.679. The van der Waals surface area contributed by atoms with Crippen molar-refractivity contribution in [2.45, 2.75) is 18.8 Å². The van der Waals surface area contributed by atoms with E-state index in [0.29, 0.717) is 18.4 Å². The second-order valence-corrected chi connectivity index (χ2v) is 3.88. The molecule has 0 amide bonds. The Morgan fingerprint density at radius 2 is 2.36 bits per heavy atom. The van der Waals surface area contributed by atoms with Crippen LogP contribution in [-0.2, 0) is 6.42 Å². The average molecular weight is 192 g/mol. The van der Waals surface area contributed by atoms with Crippen LogP contribution in [0.2, 0.25) is 0 Å². The molecule has 14 heavy (non-hydrogen) atoms. The van der Waals surface area contributed by atoms with E-state index in [2.05, 4.69) is 4.98 Å². The molecule has 1 aromatic rings. The molecule has 1 aliphatic rings. The maximum Gasteiger partial charge on any atom is 0.0465 e. The molecule has 1 aromatic heterocycles.